The Morgan fingerprint density at radius 3 is 2.69 bits per heavy atom. The van der Waals surface area contributed by atoms with Crippen LogP contribution < -0.4 is 0 Å². The van der Waals surface area contributed by atoms with Crippen LogP contribution >= 0.6 is 22.6 Å². The van der Waals surface area contributed by atoms with Crippen LogP contribution in [0.15, 0.2) is 12.1 Å². The number of nitriles is 1. The van der Waals surface area contributed by atoms with Crippen LogP contribution in [0.25, 0.3) is 0 Å². The van der Waals surface area contributed by atoms with E-state index in [-0.39, 0.29) is 5.56 Å². The number of nitrogens with zero attached hydrogens (tertiary/aromatic N) is 1. The molecule has 0 saturated heterocycles. The summed E-state index contributed by atoms with van der Waals surface area (Å²) in [5, 5.41) is 17.4. The van der Waals surface area contributed by atoms with E-state index in [0.717, 1.165) is 0 Å². The van der Waals surface area contributed by atoms with Crippen molar-refractivity contribution in [1.29, 1.82) is 5.26 Å². The Balaban J connectivity index is 3.39. The molecular formula is C9H6INO2. The molecule has 0 amide bonds. The highest BCUT2D eigenvalue weighted by Crippen LogP contribution is 2.17. The summed E-state index contributed by atoms with van der Waals surface area (Å²) in [5.74, 6) is -0.958. The van der Waals surface area contributed by atoms with Gasteiger partial charge in [0.2, 0.25) is 0 Å². The van der Waals surface area contributed by atoms with Gasteiger partial charge in [0, 0.05) is 3.57 Å². The minimum absolute atomic E-state index is 0.253. The molecule has 0 saturated carbocycles. The number of aromatic carboxylic acids is 1. The van der Waals surface area contributed by atoms with Crippen molar-refractivity contribution in [3.8, 4) is 6.07 Å². The van der Waals surface area contributed by atoms with Crippen molar-refractivity contribution in [3.63, 3.8) is 0 Å². The topological polar surface area (TPSA) is 61.1 Å². The first-order valence-electron chi connectivity index (χ1n) is 3.50. The average Bonchev–Trinajstić information content (AvgIpc) is 2.07. The van der Waals surface area contributed by atoms with Crippen LogP contribution in [0.1, 0.15) is 21.5 Å². The number of carboxylic acid groups (broad SMARTS) is 1. The molecular weight excluding hydrogens is 281 g/mol. The molecule has 1 N–H and O–H groups in total. The largest absolute Gasteiger partial charge is 0.478 e. The molecule has 3 nitrogen and oxygen atoms in total. The first-order chi connectivity index (χ1) is 6.06. The van der Waals surface area contributed by atoms with Gasteiger partial charge < -0.3 is 5.11 Å². The highest BCUT2D eigenvalue weighted by molar-refractivity contribution is 14.1. The Morgan fingerprint density at radius 2 is 2.23 bits per heavy atom. The Morgan fingerprint density at radius 1 is 1.62 bits per heavy atom. The molecule has 0 aliphatic heterocycles. The molecule has 1 rings (SSSR count). The van der Waals surface area contributed by atoms with Crippen molar-refractivity contribution < 1.29 is 9.90 Å². The average molecular weight is 287 g/mol. The van der Waals surface area contributed by atoms with Crippen molar-refractivity contribution in [1.82, 2.24) is 0 Å². The maximum absolute atomic E-state index is 10.7. The van der Waals surface area contributed by atoms with E-state index in [1.807, 2.05) is 28.7 Å². The smallest absolute Gasteiger partial charge is 0.335 e. The number of hydrogen-bond donors (Lipinski definition) is 1. The molecule has 0 aliphatic carbocycles. The fourth-order valence-electron chi connectivity index (χ4n) is 0.998. The number of carboxylic acids is 1. The standard InChI is InChI=1S/C9H6INO2/c1-5-2-6(4-11)8(10)3-7(5)9(12)13/h2-3H,1H3,(H,12,13). The van der Waals surface area contributed by atoms with E-state index in [1.165, 1.54) is 6.07 Å². The van der Waals surface area contributed by atoms with Crippen LogP contribution in [0.2, 0.25) is 0 Å². The molecule has 0 atom stereocenters. The van der Waals surface area contributed by atoms with Crippen LogP contribution in [0.4, 0.5) is 0 Å². The van der Waals surface area contributed by atoms with E-state index in [9.17, 15) is 4.79 Å². The zero-order valence-electron chi connectivity index (χ0n) is 6.84. The maximum atomic E-state index is 10.7. The summed E-state index contributed by atoms with van der Waals surface area (Å²) in [6, 6.07) is 5.10. The number of rotatable bonds is 1. The summed E-state index contributed by atoms with van der Waals surface area (Å²) in [6.07, 6.45) is 0. The van der Waals surface area contributed by atoms with Crippen molar-refractivity contribution in [2.45, 2.75) is 6.92 Å². The van der Waals surface area contributed by atoms with E-state index in [4.69, 9.17) is 10.4 Å². The summed E-state index contributed by atoms with van der Waals surface area (Å²) >= 11 is 1.95. The van der Waals surface area contributed by atoms with E-state index < -0.39 is 5.97 Å². The van der Waals surface area contributed by atoms with Gasteiger partial charge in [-0.2, -0.15) is 5.26 Å². The molecule has 66 valence electrons. The maximum Gasteiger partial charge on any atom is 0.335 e. The summed E-state index contributed by atoms with van der Waals surface area (Å²) in [5.41, 5.74) is 1.39. The fourth-order valence-corrected chi connectivity index (χ4v) is 1.59. The van der Waals surface area contributed by atoms with Gasteiger partial charge in [-0.3, -0.25) is 0 Å². The monoisotopic (exact) mass is 287 g/mol. The summed E-state index contributed by atoms with van der Waals surface area (Å²) in [7, 11) is 0. The fraction of sp³-hybridized carbons (Fsp3) is 0.111. The van der Waals surface area contributed by atoms with Crippen LogP contribution in [0.3, 0.4) is 0 Å². The number of hydrogen-bond acceptors (Lipinski definition) is 2. The Bertz CT molecular complexity index is 407. The minimum atomic E-state index is -0.958. The zero-order chi connectivity index (χ0) is 10.0. The molecule has 0 bridgehead atoms. The van der Waals surface area contributed by atoms with Gasteiger partial charge in [0.05, 0.1) is 11.1 Å². The minimum Gasteiger partial charge on any atom is -0.478 e. The highest BCUT2D eigenvalue weighted by Gasteiger charge is 2.10. The normalized spacial score (nSPS) is 9.31. The Hall–Kier alpha value is -1.09. The van der Waals surface area contributed by atoms with Gasteiger partial charge in [-0.15, -0.1) is 0 Å². The van der Waals surface area contributed by atoms with Crippen LogP contribution in [0.5, 0.6) is 0 Å². The molecule has 0 aliphatic rings. The number of halogens is 1. The number of benzene rings is 1. The molecule has 0 unspecified atom stereocenters. The molecule has 0 fully saturated rings. The van der Waals surface area contributed by atoms with Gasteiger partial charge in [0.25, 0.3) is 0 Å². The predicted molar refractivity (Wildman–Crippen MR) is 55.6 cm³/mol. The first-order valence-corrected chi connectivity index (χ1v) is 4.57. The van der Waals surface area contributed by atoms with Gasteiger partial charge >= 0.3 is 5.97 Å². The first kappa shape index (κ1) is 9.99. The van der Waals surface area contributed by atoms with Gasteiger partial charge in [0.1, 0.15) is 6.07 Å². The number of aryl methyl sites for hydroxylation is 1. The van der Waals surface area contributed by atoms with E-state index in [0.29, 0.717) is 14.7 Å². The molecule has 0 aromatic heterocycles. The molecule has 0 spiro atoms. The molecule has 1 aromatic rings. The lowest BCUT2D eigenvalue weighted by molar-refractivity contribution is 0.0696. The third-order valence-electron chi connectivity index (χ3n) is 1.66. The van der Waals surface area contributed by atoms with Gasteiger partial charge in [-0.05, 0) is 47.2 Å². The van der Waals surface area contributed by atoms with E-state index >= 15 is 0 Å². The predicted octanol–water partition coefficient (Wildman–Crippen LogP) is 2.17. The molecule has 13 heavy (non-hydrogen) atoms. The second-order valence-corrected chi connectivity index (χ2v) is 3.73. The van der Waals surface area contributed by atoms with Crippen molar-refractivity contribution >= 4 is 28.6 Å². The molecule has 0 heterocycles. The summed E-state index contributed by atoms with van der Waals surface area (Å²) < 4.78 is 0.670. The van der Waals surface area contributed by atoms with Crippen LogP contribution in [-0.2, 0) is 0 Å². The Labute approximate surface area is 89.1 Å². The lowest BCUT2D eigenvalue weighted by Gasteiger charge is -2.02. The van der Waals surface area contributed by atoms with Crippen LogP contribution in [-0.4, -0.2) is 11.1 Å². The second kappa shape index (κ2) is 3.75. The third kappa shape index (κ3) is 1.98. The van der Waals surface area contributed by atoms with Gasteiger partial charge in [-0.25, -0.2) is 4.79 Å². The van der Waals surface area contributed by atoms with Crippen molar-refractivity contribution in [2.75, 3.05) is 0 Å². The molecule has 4 heteroatoms. The van der Waals surface area contributed by atoms with Gasteiger partial charge in [0.15, 0.2) is 0 Å². The lowest BCUT2D eigenvalue weighted by Crippen LogP contribution is -2.01. The summed E-state index contributed by atoms with van der Waals surface area (Å²) in [6.45, 7) is 1.68. The lowest BCUT2D eigenvalue weighted by atomic mass is 10.1. The number of carbonyl (C=O) groups is 1. The highest BCUT2D eigenvalue weighted by atomic mass is 127. The Kier molecular flexibility index (Phi) is 2.88. The molecule has 0 radical (unpaired) electrons. The quantitative estimate of drug-likeness (QED) is 0.805. The SMILES string of the molecule is Cc1cc(C#N)c(I)cc1C(=O)O. The second-order valence-electron chi connectivity index (χ2n) is 2.56. The van der Waals surface area contributed by atoms with Crippen molar-refractivity contribution in [2.24, 2.45) is 0 Å². The van der Waals surface area contributed by atoms with E-state index in [1.54, 1.807) is 13.0 Å². The van der Waals surface area contributed by atoms with Gasteiger partial charge in [-0.1, -0.05) is 0 Å². The van der Waals surface area contributed by atoms with Crippen LogP contribution in [0, 0.1) is 21.8 Å². The third-order valence-corrected chi connectivity index (χ3v) is 2.56. The molecule has 1 aromatic carbocycles. The summed E-state index contributed by atoms with van der Waals surface area (Å²) in [4.78, 5) is 10.7. The van der Waals surface area contributed by atoms with Crippen molar-refractivity contribution in [3.05, 3.63) is 32.4 Å². The zero-order valence-corrected chi connectivity index (χ0v) is 8.99. The van der Waals surface area contributed by atoms with E-state index in [2.05, 4.69) is 0 Å².